The van der Waals surface area contributed by atoms with Crippen molar-refractivity contribution in [2.24, 2.45) is 0 Å². The Bertz CT molecular complexity index is 419. The van der Waals surface area contributed by atoms with E-state index in [1.165, 1.54) is 25.7 Å². The van der Waals surface area contributed by atoms with Crippen LogP contribution in [-0.2, 0) is 0 Å². The van der Waals surface area contributed by atoms with Gasteiger partial charge in [-0.1, -0.05) is 28.1 Å². The summed E-state index contributed by atoms with van der Waals surface area (Å²) in [5, 5.41) is 0. The maximum Gasteiger partial charge on any atom is 0.216 e. The van der Waals surface area contributed by atoms with Gasteiger partial charge in [-0.15, -0.1) is 0 Å². The molecule has 0 N–H and O–H groups in total. The van der Waals surface area contributed by atoms with Gasteiger partial charge >= 0.3 is 0 Å². The number of likely N-dealkylation sites (N-methyl/N-ethyl adjacent to an activating group) is 1. The summed E-state index contributed by atoms with van der Waals surface area (Å²) in [4.78, 5) is 12.3. The molecule has 1 aromatic rings. The van der Waals surface area contributed by atoms with Crippen LogP contribution in [0.3, 0.4) is 0 Å². The molecule has 1 aliphatic carbocycles. The molecule has 98 valence electrons. The summed E-state index contributed by atoms with van der Waals surface area (Å²) in [5.74, 6) is 0.249. The van der Waals surface area contributed by atoms with E-state index in [0.717, 1.165) is 14.5 Å². The molecule has 0 amide bonds. The average Bonchev–Trinajstić information content (AvgIpc) is 2.83. The van der Waals surface area contributed by atoms with Crippen LogP contribution in [-0.4, -0.2) is 36.9 Å². The lowest BCUT2D eigenvalue weighted by molar-refractivity contribution is -0.906. The lowest BCUT2D eigenvalue weighted by atomic mass is 10.1. The molecule has 0 unspecified atom stereocenters. The highest BCUT2D eigenvalue weighted by Crippen LogP contribution is 2.27. The van der Waals surface area contributed by atoms with E-state index in [0.29, 0.717) is 12.6 Å². The third kappa shape index (κ3) is 3.21. The number of hydrogen-bond donors (Lipinski definition) is 0. The van der Waals surface area contributed by atoms with Crippen molar-refractivity contribution in [3.8, 4) is 0 Å². The van der Waals surface area contributed by atoms with Crippen LogP contribution in [0.25, 0.3) is 0 Å². The predicted molar refractivity (Wildman–Crippen MR) is 77.7 cm³/mol. The SMILES string of the molecule is C[N+](C)(CC(=O)c1ccc(Br)cc1)C1CCCC1. The van der Waals surface area contributed by atoms with Crippen LogP contribution in [0, 0.1) is 0 Å². The Kier molecular flexibility index (Phi) is 4.23. The van der Waals surface area contributed by atoms with Crippen molar-refractivity contribution in [3.63, 3.8) is 0 Å². The summed E-state index contributed by atoms with van der Waals surface area (Å²) in [5.41, 5.74) is 0.822. The third-order valence-corrected chi connectivity index (χ3v) is 4.56. The number of carbonyl (C=O) groups is 1. The van der Waals surface area contributed by atoms with Gasteiger partial charge in [0.15, 0.2) is 0 Å². The smallest absolute Gasteiger partial charge is 0.216 e. The molecule has 1 fully saturated rings. The molecule has 0 radical (unpaired) electrons. The second-order valence-corrected chi connectivity index (χ2v) is 6.72. The summed E-state index contributed by atoms with van der Waals surface area (Å²) in [6.07, 6.45) is 5.17. The number of halogens is 1. The molecule has 3 heteroatoms. The highest BCUT2D eigenvalue weighted by molar-refractivity contribution is 9.10. The number of carbonyl (C=O) groups excluding carboxylic acids is 1. The summed E-state index contributed by atoms with van der Waals surface area (Å²) in [7, 11) is 4.37. The molecule has 0 aromatic heterocycles. The normalized spacial score (nSPS) is 17.1. The summed E-state index contributed by atoms with van der Waals surface area (Å²) < 4.78 is 1.85. The predicted octanol–water partition coefficient (Wildman–Crippen LogP) is 3.65. The van der Waals surface area contributed by atoms with Crippen LogP contribution in [0.1, 0.15) is 36.0 Å². The number of benzene rings is 1. The van der Waals surface area contributed by atoms with Gasteiger partial charge in [-0.05, 0) is 37.8 Å². The first-order valence-electron chi connectivity index (χ1n) is 6.60. The van der Waals surface area contributed by atoms with Crippen molar-refractivity contribution in [2.75, 3.05) is 20.6 Å². The van der Waals surface area contributed by atoms with E-state index in [4.69, 9.17) is 0 Å². The van der Waals surface area contributed by atoms with Gasteiger partial charge < -0.3 is 4.48 Å². The fourth-order valence-corrected chi connectivity index (χ4v) is 3.09. The van der Waals surface area contributed by atoms with E-state index in [9.17, 15) is 4.79 Å². The first-order valence-corrected chi connectivity index (χ1v) is 7.40. The molecule has 18 heavy (non-hydrogen) atoms. The van der Waals surface area contributed by atoms with E-state index in [1.54, 1.807) is 0 Å². The number of quaternary nitrogens is 1. The maximum atomic E-state index is 12.3. The van der Waals surface area contributed by atoms with Crippen LogP contribution in [0.15, 0.2) is 28.7 Å². The van der Waals surface area contributed by atoms with Crippen molar-refractivity contribution in [1.29, 1.82) is 0 Å². The summed E-state index contributed by atoms with van der Waals surface area (Å²) in [6, 6.07) is 8.33. The number of ketones is 1. The Balaban J connectivity index is 2.04. The van der Waals surface area contributed by atoms with E-state index in [1.807, 2.05) is 24.3 Å². The number of Topliss-reactive ketones (excluding diaryl/α,β-unsaturated/α-hetero) is 1. The molecule has 0 aliphatic heterocycles. The lowest BCUT2D eigenvalue weighted by Gasteiger charge is -2.35. The van der Waals surface area contributed by atoms with Gasteiger partial charge in [0, 0.05) is 10.0 Å². The van der Waals surface area contributed by atoms with Crippen molar-refractivity contribution >= 4 is 21.7 Å². The zero-order valence-corrected chi connectivity index (χ0v) is 12.7. The van der Waals surface area contributed by atoms with E-state index in [-0.39, 0.29) is 5.78 Å². The monoisotopic (exact) mass is 310 g/mol. The first-order chi connectivity index (χ1) is 8.49. The van der Waals surface area contributed by atoms with Gasteiger partial charge in [0.25, 0.3) is 0 Å². The van der Waals surface area contributed by atoms with E-state index >= 15 is 0 Å². The van der Waals surface area contributed by atoms with Crippen molar-refractivity contribution in [2.45, 2.75) is 31.7 Å². The number of nitrogens with zero attached hydrogens (tertiary/aromatic N) is 1. The molecule has 0 saturated heterocycles. The van der Waals surface area contributed by atoms with Gasteiger partial charge in [0.05, 0.1) is 20.1 Å². The van der Waals surface area contributed by atoms with Gasteiger partial charge in [-0.25, -0.2) is 0 Å². The van der Waals surface area contributed by atoms with Crippen LogP contribution in [0.4, 0.5) is 0 Å². The Hall–Kier alpha value is -0.670. The fraction of sp³-hybridized carbons (Fsp3) is 0.533. The third-order valence-electron chi connectivity index (χ3n) is 4.03. The molecule has 0 atom stereocenters. The number of rotatable bonds is 4. The first kappa shape index (κ1) is 13.8. The molecule has 0 spiro atoms. The molecule has 2 rings (SSSR count). The average molecular weight is 311 g/mol. The van der Waals surface area contributed by atoms with Gasteiger partial charge in [-0.3, -0.25) is 4.79 Å². The Labute approximate surface area is 118 Å². The second-order valence-electron chi connectivity index (χ2n) is 5.81. The highest BCUT2D eigenvalue weighted by atomic mass is 79.9. The molecular weight excluding hydrogens is 290 g/mol. The summed E-state index contributed by atoms with van der Waals surface area (Å²) in [6.45, 7) is 0.603. The molecule has 1 saturated carbocycles. The minimum absolute atomic E-state index is 0.249. The fourth-order valence-electron chi connectivity index (χ4n) is 2.83. The molecule has 0 heterocycles. The van der Waals surface area contributed by atoms with Gasteiger partial charge in [0.2, 0.25) is 5.78 Å². The topological polar surface area (TPSA) is 17.1 Å². The largest absolute Gasteiger partial charge is 0.320 e. The maximum absolute atomic E-state index is 12.3. The van der Waals surface area contributed by atoms with Crippen molar-refractivity contribution in [1.82, 2.24) is 0 Å². The Morgan fingerprint density at radius 2 is 1.78 bits per heavy atom. The molecule has 1 aliphatic rings. The number of hydrogen-bond acceptors (Lipinski definition) is 1. The van der Waals surface area contributed by atoms with Crippen LogP contribution >= 0.6 is 15.9 Å². The minimum Gasteiger partial charge on any atom is -0.320 e. The second kappa shape index (κ2) is 5.54. The van der Waals surface area contributed by atoms with Crippen LogP contribution < -0.4 is 0 Å². The van der Waals surface area contributed by atoms with E-state index < -0.39 is 0 Å². The Morgan fingerprint density at radius 1 is 1.22 bits per heavy atom. The summed E-state index contributed by atoms with van der Waals surface area (Å²) >= 11 is 3.39. The molecular formula is C15H21BrNO+. The quantitative estimate of drug-likeness (QED) is 0.613. The van der Waals surface area contributed by atoms with Crippen molar-refractivity contribution < 1.29 is 9.28 Å². The van der Waals surface area contributed by atoms with Gasteiger partial charge in [-0.2, -0.15) is 0 Å². The Morgan fingerprint density at radius 3 is 2.33 bits per heavy atom. The zero-order valence-electron chi connectivity index (χ0n) is 11.2. The highest BCUT2D eigenvalue weighted by Gasteiger charge is 2.33. The van der Waals surface area contributed by atoms with Crippen LogP contribution in [0.5, 0.6) is 0 Å². The minimum atomic E-state index is 0.249. The molecule has 2 nitrogen and oxygen atoms in total. The lowest BCUT2D eigenvalue weighted by Crippen LogP contribution is -2.50. The van der Waals surface area contributed by atoms with Crippen LogP contribution in [0.2, 0.25) is 0 Å². The zero-order chi connectivity index (χ0) is 13.2. The molecule has 1 aromatic carbocycles. The standard InChI is InChI=1S/C15H21BrNO/c1-17(2,14-5-3-4-6-14)11-15(18)12-7-9-13(16)10-8-12/h7-10,14H,3-6,11H2,1-2H3/q+1. The van der Waals surface area contributed by atoms with Gasteiger partial charge in [0.1, 0.15) is 6.54 Å². The van der Waals surface area contributed by atoms with Crippen molar-refractivity contribution in [3.05, 3.63) is 34.3 Å². The molecule has 0 bridgehead atoms. The van der Waals surface area contributed by atoms with E-state index in [2.05, 4.69) is 30.0 Å².